The van der Waals surface area contributed by atoms with Crippen LogP contribution in [0.25, 0.3) is 0 Å². The standard InChI is InChI=1S/C20H19IN2O4/c1-24-15-4-3-12(18(21)20(15)25-2)19-14(9-22)13-8-17-16(26-10-27-17)7-11(13)5-6-23-19/h3-4,7-8,14,19,23H,5-6,10H2,1-2H3/t14-,19-/m0/s1. The Morgan fingerprint density at radius 1 is 1.15 bits per heavy atom. The number of nitrogens with zero attached hydrogens (tertiary/aromatic N) is 1. The Balaban J connectivity index is 1.81. The van der Waals surface area contributed by atoms with Crippen molar-refractivity contribution in [2.45, 2.75) is 18.4 Å². The summed E-state index contributed by atoms with van der Waals surface area (Å²) in [7, 11) is 3.25. The molecule has 6 nitrogen and oxygen atoms in total. The van der Waals surface area contributed by atoms with E-state index in [1.165, 1.54) is 0 Å². The molecule has 0 spiro atoms. The number of nitrogens with one attached hydrogen (secondary N) is 1. The number of hydrogen-bond acceptors (Lipinski definition) is 6. The maximum Gasteiger partial charge on any atom is 0.231 e. The number of rotatable bonds is 3. The van der Waals surface area contributed by atoms with Crippen molar-refractivity contribution in [3.05, 3.63) is 44.5 Å². The number of benzene rings is 2. The maximum absolute atomic E-state index is 10.0. The van der Waals surface area contributed by atoms with Gasteiger partial charge in [0.25, 0.3) is 0 Å². The van der Waals surface area contributed by atoms with Crippen LogP contribution in [-0.2, 0) is 6.42 Å². The first kappa shape index (κ1) is 18.2. The highest BCUT2D eigenvalue weighted by atomic mass is 127. The van der Waals surface area contributed by atoms with Gasteiger partial charge in [0.2, 0.25) is 6.79 Å². The highest BCUT2D eigenvalue weighted by molar-refractivity contribution is 14.1. The molecule has 2 aromatic carbocycles. The summed E-state index contributed by atoms with van der Waals surface area (Å²) in [5.74, 6) is 2.46. The van der Waals surface area contributed by atoms with Gasteiger partial charge in [0.05, 0.1) is 35.8 Å². The van der Waals surface area contributed by atoms with Gasteiger partial charge in [0, 0.05) is 0 Å². The van der Waals surface area contributed by atoms with E-state index in [0.717, 1.165) is 39.0 Å². The summed E-state index contributed by atoms with van der Waals surface area (Å²) in [4.78, 5) is 0. The van der Waals surface area contributed by atoms with Crippen LogP contribution >= 0.6 is 22.6 Å². The normalized spacial score (nSPS) is 20.4. The lowest BCUT2D eigenvalue weighted by molar-refractivity contribution is 0.174. The molecule has 4 rings (SSSR count). The molecule has 2 aliphatic rings. The lowest BCUT2D eigenvalue weighted by Crippen LogP contribution is -2.26. The van der Waals surface area contributed by atoms with E-state index >= 15 is 0 Å². The molecule has 2 heterocycles. The van der Waals surface area contributed by atoms with Crippen LogP contribution < -0.4 is 24.3 Å². The molecule has 0 saturated carbocycles. The lowest BCUT2D eigenvalue weighted by Gasteiger charge is -2.25. The topological polar surface area (TPSA) is 72.7 Å². The molecule has 0 fully saturated rings. The second-order valence-corrected chi connectivity index (χ2v) is 7.48. The minimum atomic E-state index is -0.358. The van der Waals surface area contributed by atoms with Gasteiger partial charge < -0.3 is 24.3 Å². The van der Waals surface area contributed by atoms with Crippen molar-refractivity contribution in [1.29, 1.82) is 5.26 Å². The van der Waals surface area contributed by atoms with E-state index in [4.69, 9.17) is 18.9 Å². The van der Waals surface area contributed by atoms with E-state index in [0.29, 0.717) is 17.2 Å². The van der Waals surface area contributed by atoms with Crippen LogP contribution in [-0.4, -0.2) is 27.6 Å². The van der Waals surface area contributed by atoms with Crippen LogP contribution in [0.2, 0.25) is 0 Å². The summed E-state index contributed by atoms with van der Waals surface area (Å²) >= 11 is 2.26. The SMILES string of the molecule is COc1ccc([C@@H]2NCCc3cc4c(cc3[C@@H]2C#N)OCO4)c(I)c1OC. The number of hydrogen-bond donors (Lipinski definition) is 1. The van der Waals surface area contributed by atoms with Gasteiger partial charge >= 0.3 is 0 Å². The second kappa shape index (κ2) is 7.44. The van der Waals surface area contributed by atoms with Crippen LogP contribution in [0.5, 0.6) is 23.0 Å². The largest absolute Gasteiger partial charge is 0.493 e. The molecule has 0 bridgehead atoms. The number of fused-ring (bicyclic) bond motifs is 2. The van der Waals surface area contributed by atoms with Gasteiger partial charge in [-0.15, -0.1) is 0 Å². The number of ether oxygens (including phenoxy) is 4. The molecule has 2 aliphatic heterocycles. The zero-order valence-electron chi connectivity index (χ0n) is 15.0. The Morgan fingerprint density at radius 2 is 1.93 bits per heavy atom. The molecule has 2 atom stereocenters. The molecule has 7 heteroatoms. The lowest BCUT2D eigenvalue weighted by atomic mass is 9.86. The zero-order valence-corrected chi connectivity index (χ0v) is 17.2. The Hall–Kier alpha value is -2.18. The van der Waals surface area contributed by atoms with Gasteiger partial charge in [-0.1, -0.05) is 6.07 Å². The highest BCUT2D eigenvalue weighted by Crippen LogP contribution is 2.45. The summed E-state index contributed by atoms with van der Waals surface area (Å²) in [5.41, 5.74) is 3.13. The molecule has 0 unspecified atom stereocenters. The van der Waals surface area contributed by atoms with Crippen LogP contribution in [0, 0.1) is 14.9 Å². The molecule has 0 amide bonds. The molecular weight excluding hydrogens is 459 g/mol. The summed E-state index contributed by atoms with van der Waals surface area (Å²) in [6, 6.07) is 10.2. The Bertz CT molecular complexity index is 925. The second-order valence-electron chi connectivity index (χ2n) is 6.40. The summed E-state index contributed by atoms with van der Waals surface area (Å²) in [5, 5.41) is 13.6. The monoisotopic (exact) mass is 478 g/mol. The van der Waals surface area contributed by atoms with Crippen molar-refractivity contribution in [3.63, 3.8) is 0 Å². The van der Waals surface area contributed by atoms with Crippen molar-refractivity contribution >= 4 is 22.6 Å². The van der Waals surface area contributed by atoms with Gasteiger partial charge in [-0.25, -0.2) is 0 Å². The molecule has 0 aliphatic carbocycles. The van der Waals surface area contributed by atoms with E-state index in [9.17, 15) is 5.26 Å². The minimum absolute atomic E-state index is 0.164. The molecule has 0 saturated heterocycles. The van der Waals surface area contributed by atoms with Crippen molar-refractivity contribution < 1.29 is 18.9 Å². The van der Waals surface area contributed by atoms with Crippen LogP contribution in [0.3, 0.4) is 0 Å². The number of halogens is 1. The molecule has 0 radical (unpaired) electrons. The van der Waals surface area contributed by atoms with E-state index in [1.807, 2.05) is 24.3 Å². The van der Waals surface area contributed by atoms with Gasteiger partial charge in [-0.3, -0.25) is 0 Å². The first-order chi connectivity index (χ1) is 13.2. The van der Waals surface area contributed by atoms with Crippen LogP contribution in [0.1, 0.15) is 28.7 Å². The molecule has 140 valence electrons. The fraction of sp³-hybridized carbons (Fsp3) is 0.350. The first-order valence-corrected chi connectivity index (χ1v) is 9.71. The van der Waals surface area contributed by atoms with Crippen molar-refractivity contribution in [3.8, 4) is 29.1 Å². The fourth-order valence-electron chi connectivity index (χ4n) is 3.74. The van der Waals surface area contributed by atoms with E-state index in [2.05, 4.69) is 34.0 Å². The Kier molecular flexibility index (Phi) is 5.02. The maximum atomic E-state index is 10.0. The molecule has 2 aromatic rings. The predicted molar refractivity (Wildman–Crippen MR) is 108 cm³/mol. The molecular formula is C20H19IN2O4. The van der Waals surface area contributed by atoms with E-state index in [1.54, 1.807) is 14.2 Å². The Labute approximate surface area is 171 Å². The fourth-order valence-corrected chi connectivity index (χ4v) is 4.75. The number of nitriles is 1. The zero-order chi connectivity index (χ0) is 19.0. The van der Waals surface area contributed by atoms with Crippen LogP contribution in [0.4, 0.5) is 0 Å². The van der Waals surface area contributed by atoms with E-state index in [-0.39, 0.29) is 18.8 Å². The third kappa shape index (κ3) is 3.07. The van der Waals surface area contributed by atoms with Gasteiger partial charge in [-0.2, -0.15) is 5.26 Å². The average molecular weight is 478 g/mol. The van der Waals surface area contributed by atoms with Gasteiger partial charge in [-0.05, 0) is 70.4 Å². The predicted octanol–water partition coefficient (Wildman–Crippen LogP) is 3.53. The summed E-state index contributed by atoms with van der Waals surface area (Å²) in [6.45, 7) is 0.991. The average Bonchev–Trinajstić information content (AvgIpc) is 3.06. The molecule has 0 aromatic heterocycles. The highest BCUT2D eigenvalue weighted by Gasteiger charge is 2.33. The number of methoxy groups -OCH3 is 2. The van der Waals surface area contributed by atoms with Crippen molar-refractivity contribution in [2.75, 3.05) is 27.6 Å². The van der Waals surface area contributed by atoms with Gasteiger partial charge in [0.1, 0.15) is 0 Å². The Morgan fingerprint density at radius 3 is 2.63 bits per heavy atom. The molecule has 27 heavy (non-hydrogen) atoms. The van der Waals surface area contributed by atoms with Crippen molar-refractivity contribution in [1.82, 2.24) is 5.32 Å². The third-order valence-electron chi connectivity index (χ3n) is 5.05. The quantitative estimate of drug-likeness (QED) is 0.681. The third-order valence-corrected chi connectivity index (χ3v) is 6.16. The molecule has 1 N–H and O–H groups in total. The smallest absolute Gasteiger partial charge is 0.231 e. The first-order valence-electron chi connectivity index (χ1n) is 8.63. The summed E-state index contributed by atoms with van der Waals surface area (Å²) < 4.78 is 22.9. The van der Waals surface area contributed by atoms with Crippen molar-refractivity contribution in [2.24, 2.45) is 0 Å². The van der Waals surface area contributed by atoms with Crippen LogP contribution in [0.15, 0.2) is 24.3 Å². The van der Waals surface area contributed by atoms with Gasteiger partial charge in [0.15, 0.2) is 23.0 Å². The summed E-state index contributed by atoms with van der Waals surface area (Å²) in [6.07, 6.45) is 0.824. The minimum Gasteiger partial charge on any atom is -0.493 e. The van der Waals surface area contributed by atoms with E-state index < -0.39 is 0 Å².